The van der Waals surface area contributed by atoms with Gasteiger partial charge in [-0.1, -0.05) is 53.4 Å². The van der Waals surface area contributed by atoms with Gasteiger partial charge in [0.2, 0.25) is 0 Å². The van der Waals surface area contributed by atoms with Crippen LogP contribution < -0.4 is 0 Å². The minimum absolute atomic E-state index is 0.649. The fourth-order valence-corrected chi connectivity index (χ4v) is 9.63. The van der Waals surface area contributed by atoms with Crippen molar-refractivity contribution in [2.75, 3.05) is 13.7 Å². The van der Waals surface area contributed by atoms with Crippen LogP contribution in [0.4, 0.5) is 0 Å². The van der Waals surface area contributed by atoms with Crippen molar-refractivity contribution in [2.24, 2.45) is 52.3 Å². The molecule has 2 unspecified atom stereocenters. The fraction of sp³-hybridized carbons (Fsp3) is 1.00. The Kier molecular flexibility index (Phi) is 6.75. The molecule has 4 fully saturated rings. The second-order valence-electron chi connectivity index (χ2n) is 12.6. The van der Waals surface area contributed by atoms with Crippen LogP contribution in [-0.4, -0.2) is 13.7 Å². The Balaban J connectivity index is 1.40. The molecule has 29 heavy (non-hydrogen) atoms. The summed E-state index contributed by atoms with van der Waals surface area (Å²) in [4.78, 5) is 0. The first-order valence-corrected chi connectivity index (χ1v) is 13.4. The van der Waals surface area contributed by atoms with Gasteiger partial charge in [0.1, 0.15) is 0 Å². The highest BCUT2D eigenvalue weighted by Crippen LogP contribution is 2.68. The van der Waals surface area contributed by atoms with Gasteiger partial charge in [-0.25, -0.2) is 0 Å². The normalized spacial score (nSPS) is 46.4. The lowest BCUT2D eigenvalue weighted by molar-refractivity contribution is -0.114. The Labute approximate surface area is 182 Å². The van der Waals surface area contributed by atoms with Gasteiger partial charge in [0.15, 0.2) is 0 Å². The molecule has 4 rings (SSSR count). The summed E-state index contributed by atoms with van der Waals surface area (Å²) < 4.78 is 5.34. The van der Waals surface area contributed by atoms with Crippen LogP contribution in [-0.2, 0) is 4.74 Å². The van der Waals surface area contributed by atoms with Crippen LogP contribution in [0.3, 0.4) is 0 Å². The molecule has 0 aromatic rings. The van der Waals surface area contributed by atoms with Gasteiger partial charge in [0.25, 0.3) is 0 Å². The molecule has 0 aliphatic heterocycles. The number of ether oxygens (including phenoxy) is 1. The summed E-state index contributed by atoms with van der Waals surface area (Å²) in [7, 11) is 1.84. The van der Waals surface area contributed by atoms with E-state index < -0.39 is 0 Å². The zero-order chi connectivity index (χ0) is 20.6. The third kappa shape index (κ3) is 3.96. The minimum atomic E-state index is 0.649. The fourth-order valence-electron chi connectivity index (χ4n) is 9.63. The molecule has 4 aliphatic rings. The van der Waals surface area contributed by atoms with Gasteiger partial charge < -0.3 is 4.74 Å². The quantitative estimate of drug-likeness (QED) is 0.417. The van der Waals surface area contributed by atoms with Crippen molar-refractivity contribution >= 4 is 0 Å². The molecule has 0 saturated heterocycles. The van der Waals surface area contributed by atoms with Gasteiger partial charge in [-0.3, -0.25) is 0 Å². The molecule has 0 radical (unpaired) electrons. The highest BCUT2D eigenvalue weighted by molar-refractivity contribution is 5.09. The summed E-state index contributed by atoms with van der Waals surface area (Å²) in [5, 5.41) is 0. The van der Waals surface area contributed by atoms with Gasteiger partial charge in [0.05, 0.1) is 0 Å². The van der Waals surface area contributed by atoms with E-state index in [4.69, 9.17) is 4.74 Å². The summed E-state index contributed by atoms with van der Waals surface area (Å²) in [6.07, 6.45) is 19.6. The monoisotopic (exact) mass is 402 g/mol. The van der Waals surface area contributed by atoms with E-state index in [2.05, 4.69) is 27.7 Å². The Morgan fingerprint density at radius 1 is 0.828 bits per heavy atom. The van der Waals surface area contributed by atoms with Crippen molar-refractivity contribution in [3.8, 4) is 0 Å². The summed E-state index contributed by atoms with van der Waals surface area (Å²) in [6, 6.07) is 0. The van der Waals surface area contributed by atoms with Gasteiger partial charge in [-0.2, -0.15) is 0 Å². The van der Waals surface area contributed by atoms with Gasteiger partial charge >= 0.3 is 0 Å². The summed E-state index contributed by atoms with van der Waals surface area (Å²) in [6.45, 7) is 11.4. The lowest BCUT2D eigenvalue weighted by Crippen LogP contribution is -2.53. The van der Waals surface area contributed by atoms with Crippen LogP contribution in [0.25, 0.3) is 0 Å². The highest BCUT2D eigenvalue weighted by atomic mass is 16.5. The zero-order valence-electron chi connectivity index (χ0n) is 20.3. The van der Waals surface area contributed by atoms with E-state index >= 15 is 0 Å². The summed E-state index contributed by atoms with van der Waals surface area (Å²) in [5.74, 6) is 6.85. The second-order valence-corrected chi connectivity index (χ2v) is 12.6. The van der Waals surface area contributed by atoms with Crippen molar-refractivity contribution in [1.29, 1.82) is 0 Å². The van der Waals surface area contributed by atoms with Crippen LogP contribution in [0.5, 0.6) is 0 Å². The highest BCUT2D eigenvalue weighted by Gasteiger charge is 2.59. The molecule has 9 atom stereocenters. The van der Waals surface area contributed by atoms with Gasteiger partial charge in [-0.05, 0) is 110 Å². The van der Waals surface area contributed by atoms with Gasteiger partial charge in [0, 0.05) is 13.7 Å². The number of rotatable bonds is 7. The third-order valence-corrected chi connectivity index (χ3v) is 11.2. The molecule has 4 saturated carbocycles. The predicted octanol–water partition coefficient (Wildman–Crippen LogP) is 8.12. The number of hydrogen-bond acceptors (Lipinski definition) is 1. The Bertz CT molecular complexity index is 542. The molecule has 0 aromatic carbocycles. The molecule has 0 N–H and O–H groups in total. The minimum Gasteiger partial charge on any atom is -0.384 e. The molecular formula is C28H50O. The number of hydrogen-bond donors (Lipinski definition) is 0. The first kappa shape index (κ1) is 22.2. The van der Waals surface area contributed by atoms with Gasteiger partial charge in [-0.15, -0.1) is 0 Å². The van der Waals surface area contributed by atoms with Crippen LogP contribution in [0.1, 0.15) is 111 Å². The third-order valence-electron chi connectivity index (χ3n) is 11.2. The molecule has 0 spiro atoms. The summed E-state index contributed by atoms with van der Waals surface area (Å²) >= 11 is 0. The van der Waals surface area contributed by atoms with E-state index in [-0.39, 0.29) is 0 Å². The average Bonchev–Trinajstić information content (AvgIpc) is 3.05. The van der Waals surface area contributed by atoms with Crippen molar-refractivity contribution in [3.63, 3.8) is 0 Å². The standard InChI is InChI=1S/C28H50O/c1-20(19-29-5)9-8-10-21(2)24-14-15-25-23-13-12-22-11-6-7-17-27(22,3)26(23)16-18-28(24,25)4/h20-26H,6-19H2,1-5H3/t20?,21-,22?,23+,24-,25+,26+,27+,28-/m1/s1. The first-order valence-electron chi connectivity index (χ1n) is 13.4. The maximum absolute atomic E-state index is 5.34. The molecule has 0 heterocycles. The van der Waals surface area contributed by atoms with Crippen molar-refractivity contribution in [3.05, 3.63) is 0 Å². The van der Waals surface area contributed by atoms with E-state index in [0.717, 1.165) is 48.0 Å². The van der Waals surface area contributed by atoms with Crippen molar-refractivity contribution in [1.82, 2.24) is 0 Å². The van der Waals surface area contributed by atoms with Crippen LogP contribution >= 0.6 is 0 Å². The Morgan fingerprint density at radius 2 is 1.62 bits per heavy atom. The molecule has 0 bridgehead atoms. The molecule has 4 aliphatic carbocycles. The largest absolute Gasteiger partial charge is 0.384 e. The maximum atomic E-state index is 5.34. The van der Waals surface area contributed by atoms with Crippen molar-refractivity contribution < 1.29 is 4.74 Å². The summed E-state index contributed by atoms with van der Waals surface area (Å²) in [5.41, 5.74) is 1.35. The predicted molar refractivity (Wildman–Crippen MR) is 124 cm³/mol. The zero-order valence-corrected chi connectivity index (χ0v) is 20.3. The number of fused-ring (bicyclic) bond motifs is 5. The molecule has 0 amide bonds. The van der Waals surface area contributed by atoms with E-state index in [0.29, 0.717) is 10.8 Å². The molecule has 1 heteroatoms. The second kappa shape index (κ2) is 8.84. The lowest BCUT2D eigenvalue weighted by atomic mass is 9.44. The molecule has 168 valence electrons. The van der Waals surface area contributed by atoms with E-state index in [1.807, 2.05) is 7.11 Å². The smallest absolute Gasteiger partial charge is 0.0487 e. The van der Waals surface area contributed by atoms with E-state index in [1.54, 1.807) is 38.5 Å². The number of methoxy groups -OCH3 is 1. The lowest BCUT2D eigenvalue weighted by Gasteiger charge is -2.61. The Morgan fingerprint density at radius 3 is 2.41 bits per heavy atom. The molecular weight excluding hydrogens is 352 g/mol. The van der Waals surface area contributed by atoms with Crippen LogP contribution in [0, 0.1) is 52.3 Å². The van der Waals surface area contributed by atoms with E-state index in [1.165, 1.54) is 44.9 Å². The molecule has 1 nitrogen and oxygen atoms in total. The average molecular weight is 403 g/mol. The Hall–Kier alpha value is -0.0400. The molecule has 0 aromatic heterocycles. The van der Waals surface area contributed by atoms with Crippen molar-refractivity contribution in [2.45, 2.75) is 111 Å². The van der Waals surface area contributed by atoms with Crippen LogP contribution in [0.15, 0.2) is 0 Å². The van der Waals surface area contributed by atoms with E-state index in [9.17, 15) is 0 Å². The van der Waals surface area contributed by atoms with Crippen LogP contribution in [0.2, 0.25) is 0 Å². The first-order chi connectivity index (χ1) is 13.9. The maximum Gasteiger partial charge on any atom is 0.0487 e. The SMILES string of the molecule is COCC(C)CCC[C@@H](C)[C@H]1CC[C@H]2[C@@H]3CCC4CCCC[C@]4(C)[C@H]3CC[C@]12C. The topological polar surface area (TPSA) is 9.23 Å².